The fraction of sp³-hybridized carbons (Fsp3) is 0.579. The summed E-state index contributed by atoms with van der Waals surface area (Å²) < 4.78 is 27.0. The monoisotopic (exact) mass is 382 g/mol. The predicted molar refractivity (Wildman–Crippen MR) is 93.2 cm³/mol. The van der Waals surface area contributed by atoms with E-state index in [1.165, 1.54) is 12.1 Å². The maximum atomic E-state index is 14.0. The van der Waals surface area contributed by atoms with Crippen LogP contribution < -0.4 is 5.32 Å². The van der Waals surface area contributed by atoms with Gasteiger partial charge in [-0.3, -0.25) is 4.79 Å². The van der Waals surface area contributed by atoms with E-state index in [9.17, 15) is 23.5 Å². The van der Waals surface area contributed by atoms with Gasteiger partial charge in [0.05, 0.1) is 5.60 Å². The van der Waals surface area contributed by atoms with E-state index < -0.39 is 23.2 Å². The minimum atomic E-state index is -1.13. The van der Waals surface area contributed by atoms with Crippen LogP contribution in [0.1, 0.15) is 44.1 Å². The lowest BCUT2D eigenvalue weighted by Gasteiger charge is -2.44. The van der Waals surface area contributed by atoms with Crippen LogP contribution in [0.5, 0.6) is 0 Å². The van der Waals surface area contributed by atoms with E-state index in [1.807, 2.05) is 0 Å². The molecule has 6 nitrogen and oxygen atoms in total. The van der Waals surface area contributed by atoms with Crippen molar-refractivity contribution in [2.75, 3.05) is 6.54 Å². The SMILES string of the molecule is O=C(O)CCCNC(=O)N1C2CCC1CC(O)(Cc1ccc(F)cc1F)C2. The van der Waals surface area contributed by atoms with Gasteiger partial charge in [-0.1, -0.05) is 6.07 Å². The first-order chi connectivity index (χ1) is 12.8. The molecule has 2 heterocycles. The Morgan fingerprint density at radius 2 is 1.89 bits per heavy atom. The molecule has 27 heavy (non-hydrogen) atoms. The van der Waals surface area contributed by atoms with Crippen molar-refractivity contribution in [3.05, 3.63) is 35.4 Å². The number of nitrogens with zero attached hydrogens (tertiary/aromatic N) is 1. The number of nitrogens with one attached hydrogen (secondary N) is 1. The van der Waals surface area contributed by atoms with Crippen molar-refractivity contribution in [2.24, 2.45) is 0 Å². The van der Waals surface area contributed by atoms with E-state index in [1.54, 1.807) is 4.90 Å². The van der Waals surface area contributed by atoms with Gasteiger partial charge in [0.15, 0.2) is 0 Å². The number of carboxylic acids is 1. The molecule has 2 amide bonds. The van der Waals surface area contributed by atoms with Crippen molar-refractivity contribution in [3.63, 3.8) is 0 Å². The van der Waals surface area contributed by atoms with E-state index in [0.29, 0.717) is 19.3 Å². The largest absolute Gasteiger partial charge is 0.481 e. The standard InChI is InChI=1S/C19H24F2N2O4/c20-13-4-3-12(16(21)8-13)9-19(27)10-14-5-6-15(11-19)23(14)18(26)22-7-1-2-17(24)25/h3-4,8,14-15,27H,1-2,5-7,9-11H2,(H,22,26)(H,24,25). The van der Waals surface area contributed by atoms with E-state index in [4.69, 9.17) is 5.11 Å². The first kappa shape index (κ1) is 19.5. The molecule has 2 bridgehead atoms. The van der Waals surface area contributed by atoms with Crippen molar-refractivity contribution in [3.8, 4) is 0 Å². The van der Waals surface area contributed by atoms with Crippen LogP contribution in [0.25, 0.3) is 0 Å². The number of halogens is 2. The molecule has 3 rings (SSSR count). The zero-order valence-corrected chi connectivity index (χ0v) is 15.0. The maximum Gasteiger partial charge on any atom is 0.317 e. The number of carbonyl (C=O) groups excluding carboxylic acids is 1. The molecule has 148 valence electrons. The van der Waals surface area contributed by atoms with Crippen LogP contribution in [0.15, 0.2) is 18.2 Å². The molecule has 2 fully saturated rings. The quantitative estimate of drug-likeness (QED) is 0.659. The lowest BCUT2D eigenvalue weighted by molar-refractivity contribution is -0.137. The van der Waals surface area contributed by atoms with Gasteiger partial charge in [0, 0.05) is 37.5 Å². The number of hydrogen-bond donors (Lipinski definition) is 3. The summed E-state index contributed by atoms with van der Waals surface area (Å²) in [6, 6.07) is 2.81. The van der Waals surface area contributed by atoms with Crippen LogP contribution in [-0.4, -0.2) is 51.3 Å². The number of fused-ring (bicyclic) bond motifs is 2. The molecule has 2 aliphatic heterocycles. The second-order valence-corrected chi connectivity index (χ2v) is 7.57. The molecule has 1 aromatic rings. The Kier molecular flexibility index (Phi) is 5.64. The molecule has 0 aliphatic carbocycles. The number of amides is 2. The zero-order valence-electron chi connectivity index (χ0n) is 15.0. The van der Waals surface area contributed by atoms with E-state index in [0.717, 1.165) is 18.9 Å². The number of aliphatic hydroxyl groups is 1. The van der Waals surface area contributed by atoms with Crippen LogP contribution in [0, 0.1) is 11.6 Å². The molecule has 1 aromatic carbocycles. The Morgan fingerprint density at radius 3 is 2.48 bits per heavy atom. The predicted octanol–water partition coefficient (Wildman–Crippen LogP) is 2.44. The normalized spacial score (nSPS) is 26.9. The summed E-state index contributed by atoms with van der Waals surface area (Å²) in [6.45, 7) is 0.284. The Labute approximate surface area is 156 Å². The molecular formula is C19H24F2N2O4. The minimum absolute atomic E-state index is 0.00385. The first-order valence-electron chi connectivity index (χ1n) is 9.22. The topological polar surface area (TPSA) is 89.9 Å². The van der Waals surface area contributed by atoms with Gasteiger partial charge in [-0.15, -0.1) is 0 Å². The minimum Gasteiger partial charge on any atom is -0.481 e. The summed E-state index contributed by atoms with van der Waals surface area (Å²) in [4.78, 5) is 24.7. The van der Waals surface area contributed by atoms with Crippen LogP contribution in [-0.2, 0) is 11.2 Å². The number of benzene rings is 1. The molecule has 0 radical (unpaired) electrons. The second kappa shape index (κ2) is 7.80. The number of hydrogen-bond acceptors (Lipinski definition) is 3. The zero-order chi connectivity index (χ0) is 19.6. The van der Waals surface area contributed by atoms with E-state index in [2.05, 4.69) is 5.32 Å². The fourth-order valence-electron chi connectivity index (χ4n) is 4.34. The highest BCUT2D eigenvalue weighted by molar-refractivity contribution is 5.75. The number of rotatable bonds is 6. The summed E-state index contributed by atoms with van der Waals surface area (Å²) in [5.74, 6) is -2.23. The molecule has 8 heteroatoms. The molecular weight excluding hydrogens is 358 g/mol. The second-order valence-electron chi connectivity index (χ2n) is 7.57. The number of carbonyl (C=O) groups is 2. The van der Waals surface area contributed by atoms with Gasteiger partial charge in [0.25, 0.3) is 0 Å². The Bertz CT molecular complexity index is 714. The highest BCUT2D eigenvalue weighted by Crippen LogP contribution is 2.42. The summed E-state index contributed by atoms with van der Waals surface area (Å²) in [7, 11) is 0. The third-order valence-corrected chi connectivity index (χ3v) is 5.46. The maximum absolute atomic E-state index is 14.0. The summed E-state index contributed by atoms with van der Waals surface area (Å²) in [5, 5.41) is 22.4. The van der Waals surface area contributed by atoms with Crippen molar-refractivity contribution >= 4 is 12.0 Å². The number of carboxylic acid groups (broad SMARTS) is 1. The number of aliphatic carboxylic acids is 1. The van der Waals surface area contributed by atoms with Crippen LogP contribution >= 0.6 is 0 Å². The van der Waals surface area contributed by atoms with Gasteiger partial charge in [0.1, 0.15) is 11.6 Å². The smallest absolute Gasteiger partial charge is 0.317 e. The Hall–Kier alpha value is -2.22. The Morgan fingerprint density at radius 1 is 1.22 bits per heavy atom. The average molecular weight is 382 g/mol. The van der Waals surface area contributed by atoms with Crippen molar-refractivity contribution < 1.29 is 28.6 Å². The number of urea groups is 1. The molecule has 2 unspecified atom stereocenters. The molecule has 0 saturated carbocycles. The third-order valence-electron chi connectivity index (χ3n) is 5.46. The van der Waals surface area contributed by atoms with Gasteiger partial charge in [-0.05, 0) is 43.7 Å². The first-order valence-corrected chi connectivity index (χ1v) is 9.22. The summed E-state index contributed by atoms with van der Waals surface area (Å²) >= 11 is 0. The van der Waals surface area contributed by atoms with Crippen LogP contribution in [0.2, 0.25) is 0 Å². The van der Waals surface area contributed by atoms with E-state index in [-0.39, 0.29) is 43.1 Å². The molecule has 0 aromatic heterocycles. The summed E-state index contributed by atoms with van der Waals surface area (Å²) in [6.07, 6.45) is 2.64. The summed E-state index contributed by atoms with van der Waals surface area (Å²) in [5.41, 5.74) is -0.866. The van der Waals surface area contributed by atoms with Crippen LogP contribution in [0.4, 0.5) is 13.6 Å². The van der Waals surface area contributed by atoms with Gasteiger partial charge >= 0.3 is 12.0 Å². The van der Waals surface area contributed by atoms with Crippen molar-refractivity contribution in [1.29, 1.82) is 0 Å². The van der Waals surface area contributed by atoms with Gasteiger partial charge < -0.3 is 20.4 Å². The average Bonchev–Trinajstić information content (AvgIpc) is 2.87. The third kappa shape index (κ3) is 4.55. The lowest BCUT2D eigenvalue weighted by atomic mass is 9.81. The fourth-order valence-corrected chi connectivity index (χ4v) is 4.34. The highest BCUT2D eigenvalue weighted by Gasteiger charge is 2.49. The molecule has 2 atom stereocenters. The van der Waals surface area contributed by atoms with E-state index >= 15 is 0 Å². The molecule has 2 saturated heterocycles. The van der Waals surface area contributed by atoms with Crippen molar-refractivity contribution in [2.45, 2.75) is 62.6 Å². The molecule has 0 spiro atoms. The molecule has 3 N–H and O–H groups in total. The lowest BCUT2D eigenvalue weighted by Crippen LogP contribution is -2.56. The van der Waals surface area contributed by atoms with Crippen molar-refractivity contribution in [1.82, 2.24) is 10.2 Å². The van der Waals surface area contributed by atoms with Gasteiger partial charge in [-0.25, -0.2) is 13.6 Å². The number of piperidine rings is 1. The molecule has 2 aliphatic rings. The Balaban J connectivity index is 1.60. The van der Waals surface area contributed by atoms with Gasteiger partial charge in [0.2, 0.25) is 0 Å². The van der Waals surface area contributed by atoms with Gasteiger partial charge in [-0.2, -0.15) is 0 Å². The highest BCUT2D eigenvalue weighted by atomic mass is 19.1. The van der Waals surface area contributed by atoms with Crippen LogP contribution in [0.3, 0.4) is 0 Å².